The quantitative estimate of drug-likeness (QED) is 0.740. The van der Waals surface area contributed by atoms with Gasteiger partial charge in [-0.25, -0.2) is 4.98 Å². The molecule has 15 heavy (non-hydrogen) atoms. The SMILES string of the molecule is CN=C(C)C(=CN)c1cc(Cl)cc(N)[nH+]1. The maximum atomic E-state index is 5.89. The van der Waals surface area contributed by atoms with Crippen LogP contribution in [0.1, 0.15) is 12.6 Å². The summed E-state index contributed by atoms with van der Waals surface area (Å²) in [4.78, 5) is 7.04. The van der Waals surface area contributed by atoms with E-state index in [2.05, 4.69) is 9.98 Å². The monoisotopic (exact) mass is 225 g/mol. The van der Waals surface area contributed by atoms with Crippen molar-refractivity contribution in [3.63, 3.8) is 0 Å². The number of nitrogens with one attached hydrogen (secondary N) is 1. The lowest BCUT2D eigenvalue weighted by molar-refractivity contribution is -0.363. The molecule has 0 saturated carbocycles. The van der Waals surface area contributed by atoms with Gasteiger partial charge >= 0.3 is 0 Å². The zero-order valence-electron chi connectivity index (χ0n) is 8.71. The summed E-state index contributed by atoms with van der Waals surface area (Å²) in [6, 6.07) is 3.39. The van der Waals surface area contributed by atoms with E-state index in [9.17, 15) is 0 Å². The molecule has 4 nitrogen and oxygen atoms in total. The Morgan fingerprint density at radius 1 is 1.53 bits per heavy atom. The second-order valence-electron chi connectivity index (χ2n) is 3.06. The van der Waals surface area contributed by atoms with Gasteiger partial charge in [0.05, 0.1) is 10.6 Å². The molecule has 0 aromatic carbocycles. The number of nitrogens with two attached hydrogens (primary N) is 2. The molecule has 80 valence electrons. The van der Waals surface area contributed by atoms with Crippen LogP contribution in [0.25, 0.3) is 5.57 Å². The number of anilines is 1. The normalized spacial score (nSPS) is 13.0. The highest BCUT2D eigenvalue weighted by Gasteiger charge is 2.10. The van der Waals surface area contributed by atoms with Crippen molar-refractivity contribution in [3.05, 3.63) is 29.0 Å². The van der Waals surface area contributed by atoms with Gasteiger partial charge in [0.2, 0.25) is 0 Å². The average Bonchev–Trinajstić information content (AvgIpc) is 2.17. The molecule has 1 rings (SSSR count). The van der Waals surface area contributed by atoms with E-state index in [4.69, 9.17) is 23.1 Å². The summed E-state index contributed by atoms with van der Waals surface area (Å²) in [5, 5.41) is 0.560. The Balaban J connectivity index is 3.25. The van der Waals surface area contributed by atoms with Crippen LogP contribution in [-0.4, -0.2) is 12.8 Å². The van der Waals surface area contributed by atoms with Crippen molar-refractivity contribution in [1.82, 2.24) is 0 Å². The Labute approximate surface area is 93.7 Å². The van der Waals surface area contributed by atoms with Crippen LogP contribution in [0.3, 0.4) is 0 Å². The van der Waals surface area contributed by atoms with E-state index in [0.29, 0.717) is 10.8 Å². The van der Waals surface area contributed by atoms with Crippen LogP contribution in [-0.2, 0) is 0 Å². The lowest BCUT2D eigenvalue weighted by Gasteiger charge is -2.03. The first kappa shape index (κ1) is 11.5. The number of hydrogen-bond donors (Lipinski definition) is 2. The number of aromatic amines is 1. The second kappa shape index (κ2) is 4.79. The summed E-state index contributed by atoms with van der Waals surface area (Å²) in [6.45, 7) is 1.86. The van der Waals surface area contributed by atoms with Crippen molar-refractivity contribution < 1.29 is 4.98 Å². The smallest absolute Gasteiger partial charge is 0.272 e. The highest BCUT2D eigenvalue weighted by atomic mass is 35.5. The van der Waals surface area contributed by atoms with E-state index < -0.39 is 0 Å². The molecule has 1 aromatic heterocycles. The van der Waals surface area contributed by atoms with Gasteiger partial charge in [-0.15, -0.1) is 0 Å². The number of halogens is 1. The average molecular weight is 226 g/mol. The van der Waals surface area contributed by atoms with Crippen LogP contribution in [0, 0.1) is 0 Å². The molecule has 0 fully saturated rings. The molecule has 0 bridgehead atoms. The topological polar surface area (TPSA) is 78.5 Å². The van der Waals surface area contributed by atoms with E-state index >= 15 is 0 Å². The minimum atomic E-state index is 0.487. The maximum absolute atomic E-state index is 5.89. The highest BCUT2D eigenvalue weighted by molar-refractivity contribution is 6.31. The fourth-order valence-electron chi connectivity index (χ4n) is 1.23. The molecule has 5 heteroatoms. The van der Waals surface area contributed by atoms with Gasteiger partial charge in [0.25, 0.3) is 5.82 Å². The van der Waals surface area contributed by atoms with Crippen LogP contribution in [0.4, 0.5) is 5.82 Å². The van der Waals surface area contributed by atoms with Gasteiger partial charge in [-0.1, -0.05) is 11.6 Å². The van der Waals surface area contributed by atoms with Crippen molar-refractivity contribution in [2.75, 3.05) is 12.8 Å². The predicted octanol–water partition coefficient (Wildman–Crippen LogP) is 1.13. The number of aromatic nitrogens is 1. The molecule has 0 atom stereocenters. The Bertz CT molecular complexity index is 403. The van der Waals surface area contributed by atoms with E-state index in [-0.39, 0.29) is 0 Å². The number of pyridine rings is 1. The lowest BCUT2D eigenvalue weighted by atomic mass is 10.1. The number of aliphatic imine (C=N–C) groups is 1. The number of hydrogen-bond acceptors (Lipinski definition) is 3. The first-order chi connectivity index (χ1) is 7.08. The van der Waals surface area contributed by atoms with Gasteiger partial charge < -0.3 is 5.73 Å². The van der Waals surface area contributed by atoms with Gasteiger partial charge in [-0.05, 0) is 6.92 Å². The maximum Gasteiger partial charge on any atom is 0.272 e. The van der Waals surface area contributed by atoms with E-state index in [0.717, 1.165) is 17.0 Å². The minimum absolute atomic E-state index is 0.487. The van der Waals surface area contributed by atoms with Crippen LogP contribution in [0.15, 0.2) is 23.3 Å². The Morgan fingerprint density at radius 3 is 2.67 bits per heavy atom. The van der Waals surface area contributed by atoms with Gasteiger partial charge in [-0.2, -0.15) is 0 Å². The lowest BCUT2D eigenvalue weighted by Crippen LogP contribution is -2.18. The Morgan fingerprint density at radius 2 is 2.20 bits per heavy atom. The zero-order chi connectivity index (χ0) is 11.4. The van der Waals surface area contributed by atoms with Gasteiger partial charge in [0.1, 0.15) is 5.69 Å². The zero-order valence-corrected chi connectivity index (χ0v) is 9.47. The Hall–Kier alpha value is -1.55. The molecule has 5 N–H and O–H groups in total. The van der Waals surface area contributed by atoms with Crippen LogP contribution in [0.2, 0.25) is 5.02 Å². The molecule has 0 radical (unpaired) electrons. The summed E-state index contributed by atoms with van der Waals surface area (Å²) < 4.78 is 0. The first-order valence-corrected chi connectivity index (χ1v) is 4.80. The predicted molar refractivity (Wildman–Crippen MR) is 63.6 cm³/mol. The summed E-state index contributed by atoms with van der Waals surface area (Å²) in [5.41, 5.74) is 13.5. The third kappa shape index (κ3) is 2.70. The Kier molecular flexibility index (Phi) is 3.68. The van der Waals surface area contributed by atoms with Gasteiger partial charge in [-0.3, -0.25) is 10.7 Å². The summed E-state index contributed by atoms with van der Waals surface area (Å²) in [6.07, 6.45) is 1.48. The third-order valence-corrected chi connectivity index (χ3v) is 2.25. The third-order valence-electron chi connectivity index (χ3n) is 2.04. The summed E-state index contributed by atoms with van der Waals surface area (Å²) in [5.74, 6) is 0.487. The number of nitrogens with zero attached hydrogens (tertiary/aromatic N) is 1. The molecule has 0 aliphatic heterocycles. The van der Waals surface area contributed by atoms with Crippen molar-refractivity contribution in [3.8, 4) is 0 Å². The second-order valence-corrected chi connectivity index (χ2v) is 3.49. The largest absolute Gasteiger partial charge is 0.404 e. The molecule has 0 aliphatic carbocycles. The van der Waals surface area contributed by atoms with Gasteiger partial charge in [0, 0.05) is 31.1 Å². The van der Waals surface area contributed by atoms with Crippen LogP contribution in [0.5, 0.6) is 0 Å². The fourth-order valence-corrected chi connectivity index (χ4v) is 1.45. The minimum Gasteiger partial charge on any atom is -0.404 e. The van der Waals surface area contributed by atoms with Crippen molar-refractivity contribution in [2.24, 2.45) is 10.7 Å². The molecular weight excluding hydrogens is 212 g/mol. The van der Waals surface area contributed by atoms with Crippen LogP contribution >= 0.6 is 11.6 Å². The fraction of sp³-hybridized carbons (Fsp3) is 0.200. The standard InChI is InChI=1S/C10H13ClN4/c1-6(14-2)8(5-12)9-3-7(11)4-10(13)15-9/h3-5H,12H2,1-2H3,(H2,13,15)/p+1. The molecule has 1 aromatic rings. The number of allylic oxidation sites excluding steroid dienone is 1. The summed E-state index contributed by atoms with van der Waals surface area (Å²) in [7, 11) is 1.70. The molecule has 0 aliphatic rings. The van der Waals surface area contributed by atoms with Crippen molar-refractivity contribution in [1.29, 1.82) is 0 Å². The molecule has 0 amide bonds. The van der Waals surface area contributed by atoms with Gasteiger partial charge in [0.15, 0.2) is 0 Å². The van der Waals surface area contributed by atoms with E-state index in [1.54, 1.807) is 19.2 Å². The van der Waals surface area contributed by atoms with E-state index in [1.165, 1.54) is 6.20 Å². The van der Waals surface area contributed by atoms with Crippen molar-refractivity contribution in [2.45, 2.75) is 6.92 Å². The highest BCUT2D eigenvalue weighted by Crippen LogP contribution is 2.16. The molecule has 1 heterocycles. The molecule has 0 saturated heterocycles. The molecule has 0 unspecified atom stereocenters. The van der Waals surface area contributed by atoms with Crippen molar-refractivity contribution >= 4 is 28.7 Å². The summed E-state index contributed by atoms with van der Waals surface area (Å²) >= 11 is 5.89. The number of nitrogen functional groups attached to an aromatic ring is 1. The molecular formula is C10H14ClN4+. The number of rotatable bonds is 2. The molecule has 0 spiro atoms. The first-order valence-electron chi connectivity index (χ1n) is 4.43. The van der Waals surface area contributed by atoms with E-state index in [1.807, 2.05) is 6.92 Å². The number of H-pyrrole nitrogens is 1. The van der Waals surface area contributed by atoms with Crippen LogP contribution < -0.4 is 16.5 Å².